The number of ether oxygens (including phenoxy) is 1. The number of hydrogen-bond donors (Lipinski definition) is 1. The number of amides is 1. The summed E-state index contributed by atoms with van der Waals surface area (Å²) < 4.78 is 31.8. The van der Waals surface area contributed by atoms with Crippen molar-refractivity contribution in [1.82, 2.24) is 5.32 Å². The maximum Gasteiger partial charge on any atom is 0.244 e. The molecule has 0 aliphatic carbocycles. The number of halogens is 1. The Morgan fingerprint density at radius 1 is 1.13 bits per heavy atom. The van der Waals surface area contributed by atoms with Crippen LogP contribution in [0.15, 0.2) is 60.7 Å². The topological polar surface area (TPSA) is 75.7 Å². The number of nitrogens with one attached hydrogen (secondary N) is 1. The molecule has 0 spiro atoms. The van der Waals surface area contributed by atoms with Crippen LogP contribution in [-0.4, -0.2) is 33.7 Å². The first-order valence-electron chi connectivity index (χ1n) is 9.83. The maximum atomic E-state index is 13.1. The molecular formula is C23H25ClN2O4S. The smallest absolute Gasteiger partial charge is 0.244 e. The van der Waals surface area contributed by atoms with Crippen molar-refractivity contribution in [1.29, 1.82) is 0 Å². The van der Waals surface area contributed by atoms with Gasteiger partial charge in [-0.05, 0) is 41.0 Å². The number of nitrogens with zero attached hydrogens (tertiary/aromatic N) is 1. The molecule has 1 amide bonds. The summed E-state index contributed by atoms with van der Waals surface area (Å²) in [5.41, 5.74) is 1.18. The van der Waals surface area contributed by atoms with Gasteiger partial charge in [0.1, 0.15) is 11.8 Å². The number of methoxy groups -OCH3 is 1. The van der Waals surface area contributed by atoms with E-state index in [2.05, 4.69) is 5.32 Å². The molecule has 6 nitrogen and oxygen atoms in total. The van der Waals surface area contributed by atoms with Gasteiger partial charge in [-0.3, -0.25) is 9.10 Å². The minimum atomic E-state index is -3.81. The largest absolute Gasteiger partial charge is 0.495 e. The average molecular weight is 461 g/mol. The van der Waals surface area contributed by atoms with Gasteiger partial charge in [0.05, 0.1) is 19.1 Å². The molecule has 1 atom stereocenters. The molecule has 3 aromatic rings. The third-order valence-corrected chi connectivity index (χ3v) is 6.44. The minimum absolute atomic E-state index is 0.227. The summed E-state index contributed by atoms with van der Waals surface area (Å²) in [6.07, 6.45) is 1.33. The van der Waals surface area contributed by atoms with E-state index in [0.717, 1.165) is 26.9 Å². The van der Waals surface area contributed by atoms with Crippen molar-refractivity contribution in [2.45, 2.75) is 25.9 Å². The molecule has 0 unspecified atom stereocenters. The number of carbonyl (C=O) groups is 1. The van der Waals surface area contributed by atoms with E-state index in [-0.39, 0.29) is 18.7 Å². The monoisotopic (exact) mass is 460 g/mol. The van der Waals surface area contributed by atoms with Crippen LogP contribution in [0.1, 0.15) is 18.9 Å². The van der Waals surface area contributed by atoms with Crippen LogP contribution in [0.3, 0.4) is 0 Å². The van der Waals surface area contributed by atoms with Gasteiger partial charge in [-0.15, -0.1) is 0 Å². The zero-order valence-corrected chi connectivity index (χ0v) is 19.2. The summed E-state index contributed by atoms with van der Waals surface area (Å²) in [6.45, 7) is 2.04. The van der Waals surface area contributed by atoms with Crippen LogP contribution in [0.25, 0.3) is 10.8 Å². The van der Waals surface area contributed by atoms with Gasteiger partial charge >= 0.3 is 0 Å². The van der Waals surface area contributed by atoms with E-state index in [1.54, 1.807) is 19.1 Å². The lowest BCUT2D eigenvalue weighted by molar-refractivity contribution is -0.122. The van der Waals surface area contributed by atoms with Crippen molar-refractivity contribution in [2.24, 2.45) is 0 Å². The number of fused-ring (bicyclic) bond motifs is 1. The summed E-state index contributed by atoms with van der Waals surface area (Å²) >= 11 is 6.11. The van der Waals surface area contributed by atoms with Gasteiger partial charge in [0.15, 0.2) is 0 Å². The number of rotatable bonds is 8. The summed E-state index contributed by atoms with van der Waals surface area (Å²) in [5, 5.41) is 5.35. The van der Waals surface area contributed by atoms with Gasteiger partial charge < -0.3 is 10.1 Å². The fraction of sp³-hybridized carbons (Fsp3) is 0.261. The minimum Gasteiger partial charge on any atom is -0.495 e. The summed E-state index contributed by atoms with van der Waals surface area (Å²) in [5.74, 6) is -0.0852. The van der Waals surface area contributed by atoms with Crippen LogP contribution in [-0.2, 0) is 21.4 Å². The molecule has 164 valence electrons. The zero-order valence-electron chi connectivity index (χ0n) is 17.6. The third-order valence-electron chi connectivity index (χ3n) is 5.04. The van der Waals surface area contributed by atoms with E-state index in [0.29, 0.717) is 10.8 Å². The Morgan fingerprint density at radius 3 is 2.52 bits per heavy atom. The Labute approximate surface area is 187 Å². The summed E-state index contributed by atoms with van der Waals surface area (Å²) in [6, 6.07) is 17.5. The van der Waals surface area contributed by atoms with Gasteiger partial charge in [0.2, 0.25) is 15.9 Å². The Kier molecular flexibility index (Phi) is 7.08. The predicted octanol–water partition coefficient (Wildman–Crippen LogP) is 4.36. The van der Waals surface area contributed by atoms with Crippen molar-refractivity contribution >= 4 is 44.0 Å². The van der Waals surface area contributed by atoms with Gasteiger partial charge in [0, 0.05) is 11.6 Å². The van der Waals surface area contributed by atoms with Gasteiger partial charge in [-0.25, -0.2) is 8.42 Å². The highest BCUT2D eigenvalue weighted by atomic mass is 35.5. The first kappa shape index (κ1) is 22.9. The van der Waals surface area contributed by atoms with Gasteiger partial charge in [0.25, 0.3) is 0 Å². The van der Waals surface area contributed by atoms with Crippen molar-refractivity contribution in [3.05, 3.63) is 71.2 Å². The molecule has 0 saturated heterocycles. The second-order valence-corrected chi connectivity index (χ2v) is 9.45. The maximum absolute atomic E-state index is 13.1. The molecule has 0 saturated carbocycles. The number of hydrogen-bond acceptors (Lipinski definition) is 4. The quantitative estimate of drug-likeness (QED) is 0.541. The molecule has 0 aromatic heterocycles. The highest BCUT2D eigenvalue weighted by Crippen LogP contribution is 2.35. The lowest BCUT2D eigenvalue weighted by atomic mass is 10.0. The lowest BCUT2D eigenvalue weighted by Crippen LogP contribution is -2.49. The molecule has 3 aromatic carbocycles. The van der Waals surface area contributed by atoms with Crippen LogP contribution < -0.4 is 14.4 Å². The molecular weight excluding hydrogens is 436 g/mol. The van der Waals surface area contributed by atoms with E-state index in [1.807, 2.05) is 42.5 Å². The molecule has 0 heterocycles. The predicted molar refractivity (Wildman–Crippen MR) is 125 cm³/mol. The van der Waals surface area contributed by atoms with Crippen LogP contribution in [0, 0.1) is 0 Å². The third kappa shape index (κ3) is 5.11. The zero-order chi connectivity index (χ0) is 22.6. The number of anilines is 1. The SMILES string of the molecule is CC[C@H](C(=O)NCc1cccc2ccccc12)N(c1cc(Cl)ccc1OC)S(C)(=O)=O. The molecule has 8 heteroatoms. The van der Waals surface area contributed by atoms with Crippen molar-refractivity contribution < 1.29 is 17.9 Å². The summed E-state index contributed by atoms with van der Waals surface area (Å²) in [7, 11) is -2.37. The van der Waals surface area contributed by atoms with E-state index in [4.69, 9.17) is 16.3 Å². The van der Waals surface area contributed by atoms with Gasteiger partial charge in [-0.2, -0.15) is 0 Å². The van der Waals surface area contributed by atoms with E-state index >= 15 is 0 Å². The van der Waals surface area contributed by atoms with E-state index < -0.39 is 22.0 Å². The van der Waals surface area contributed by atoms with Crippen molar-refractivity contribution in [2.75, 3.05) is 17.7 Å². The number of benzene rings is 3. The first-order valence-corrected chi connectivity index (χ1v) is 12.1. The van der Waals surface area contributed by atoms with E-state index in [9.17, 15) is 13.2 Å². The normalized spacial score (nSPS) is 12.4. The molecule has 0 aliphatic heterocycles. The van der Waals surface area contributed by atoms with Crippen LogP contribution in [0.5, 0.6) is 5.75 Å². The number of sulfonamides is 1. The molecule has 31 heavy (non-hydrogen) atoms. The number of carbonyl (C=O) groups excluding carboxylic acids is 1. The fourth-order valence-corrected chi connectivity index (χ4v) is 4.99. The second kappa shape index (κ2) is 9.58. The first-order chi connectivity index (χ1) is 14.8. The molecule has 0 bridgehead atoms. The van der Waals surface area contributed by atoms with Crippen LogP contribution in [0.2, 0.25) is 5.02 Å². The molecule has 0 radical (unpaired) electrons. The van der Waals surface area contributed by atoms with Crippen molar-refractivity contribution in [3.63, 3.8) is 0 Å². The molecule has 1 N–H and O–H groups in total. The highest BCUT2D eigenvalue weighted by molar-refractivity contribution is 7.92. The van der Waals surface area contributed by atoms with Crippen LogP contribution >= 0.6 is 11.6 Å². The lowest BCUT2D eigenvalue weighted by Gasteiger charge is -2.31. The van der Waals surface area contributed by atoms with Crippen LogP contribution in [0.4, 0.5) is 5.69 Å². The average Bonchev–Trinajstić information content (AvgIpc) is 2.74. The second-order valence-electron chi connectivity index (χ2n) is 7.16. The van der Waals surface area contributed by atoms with Crippen molar-refractivity contribution in [3.8, 4) is 5.75 Å². The molecule has 3 rings (SSSR count). The highest BCUT2D eigenvalue weighted by Gasteiger charge is 2.33. The Morgan fingerprint density at radius 2 is 1.84 bits per heavy atom. The van der Waals surface area contributed by atoms with Gasteiger partial charge in [-0.1, -0.05) is 61.0 Å². The Hall–Kier alpha value is -2.77. The standard InChI is InChI=1S/C23H25ClN2O4S/c1-4-20(26(31(3,28)29)21-14-18(24)12-13-22(21)30-2)23(27)25-15-17-10-7-9-16-8-5-6-11-19(16)17/h5-14,20H,4,15H2,1-3H3,(H,25,27)/t20-/m1/s1. The Bertz CT molecular complexity index is 1190. The molecule has 0 fully saturated rings. The van der Waals surface area contributed by atoms with E-state index in [1.165, 1.54) is 13.2 Å². The molecule has 0 aliphatic rings. The Balaban J connectivity index is 1.92. The fourth-order valence-electron chi connectivity index (χ4n) is 3.62. The summed E-state index contributed by atoms with van der Waals surface area (Å²) in [4.78, 5) is 13.1.